The standard InChI is InChI=1S/C28H20F2N4O2/c1-34-16-23(21-9-10-32-28(35)27(21)34)22-13-20(33-15-18-4-2-3-17(11-18)14-31)6-8-25(22)36-26-7-5-19(29)12-24(26)30/h2-13,16,33H,15H2,1H3,(H,32,35). The highest BCUT2D eigenvalue weighted by atomic mass is 19.1. The molecule has 5 aromatic rings. The van der Waals surface area contributed by atoms with Gasteiger partial charge in [-0.2, -0.15) is 5.26 Å². The third-order valence-electron chi connectivity index (χ3n) is 5.84. The Bertz CT molecular complexity index is 1700. The molecule has 0 aliphatic rings. The van der Waals surface area contributed by atoms with Crippen LogP contribution in [0.15, 0.2) is 83.9 Å². The van der Waals surface area contributed by atoms with Crippen LogP contribution in [-0.2, 0) is 13.6 Å². The third kappa shape index (κ3) is 4.42. The second-order valence-electron chi connectivity index (χ2n) is 8.28. The van der Waals surface area contributed by atoms with E-state index in [1.807, 2.05) is 24.4 Å². The Morgan fingerprint density at radius 1 is 1.03 bits per heavy atom. The molecule has 0 unspecified atom stereocenters. The number of fused-ring (bicyclic) bond motifs is 1. The van der Waals surface area contributed by atoms with E-state index < -0.39 is 11.6 Å². The lowest BCUT2D eigenvalue weighted by Gasteiger charge is -2.15. The van der Waals surface area contributed by atoms with E-state index in [0.29, 0.717) is 39.9 Å². The van der Waals surface area contributed by atoms with Gasteiger partial charge in [0.1, 0.15) is 17.1 Å². The van der Waals surface area contributed by atoms with Crippen molar-refractivity contribution in [2.75, 3.05) is 5.32 Å². The summed E-state index contributed by atoms with van der Waals surface area (Å²) in [6.07, 6.45) is 3.38. The Morgan fingerprint density at radius 3 is 2.67 bits per heavy atom. The number of ether oxygens (including phenoxy) is 1. The summed E-state index contributed by atoms with van der Waals surface area (Å²) in [6.45, 7) is 0.469. The third-order valence-corrected chi connectivity index (χ3v) is 5.84. The van der Waals surface area contributed by atoms with E-state index in [1.165, 1.54) is 6.07 Å². The minimum Gasteiger partial charge on any atom is -0.454 e. The van der Waals surface area contributed by atoms with Gasteiger partial charge in [0.2, 0.25) is 0 Å². The van der Waals surface area contributed by atoms with Gasteiger partial charge >= 0.3 is 0 Å². The average Bonchev–Trinajstić information content (AvgIpc) is 3.22. The number of hydrogen-bond donors (Lipinski definition) is 2. The van der Waals surface area contributed by atoms with Crippen molar-refractivity contribution in [2.45, 2.75) is 6.54 Å². The molecule has 0 radical (unpaired) electrons. The molecule has 0 saturated carbocycles. The van der Waals surface area contributed by atoms with Crippen molar-refractivity contribution in [3.05, 3.63) is 112 Å². The van der Waals surface area contributed by atoms with Crippen LogP contribution >= 0.6 is 0 Å². The summed E-state index contributed by atoms with van der Waals surface area (Å²) in [6, 6.07) is 19.7. The number of benzene rings is 3. The number of pyridine rings is 1. The lowest BCUT2D eigenvalue weighted by Crippen LogP contribution is -2.07. The summed E-state index contributed by atoms with van der Waals surface area (Å²) in [5, 5.41) is 13.2. The molecular formula is C28H20F2N4O2. The molecule has 0 saturated heterocycles. The van der Waals surface area contributed by atoms with Crippen LogP contribution in [0.1, 0.15) is 11.1 Å². The van der Waals surface area contributed by atoms with Crippen molar-refractivity contribution in [2.24, 2.45) is 7.05 Å². The Hall–Kier alpha value is -4.90. The number of nitrogens with zero attached hydrogens (tertiary/aromatic N) is 2. The number of nitrogens with one attached hydrogen (secondary N) is 2. The summed E-state index contributed by atoms with van der Waals surface area (Å²) in [7, 11) is 1.77. The number of rotatable bonds is 6. The zero-order chi connectivity index (χ0) is 25.2. The van der Waals surface area contributed by atoms with Crippen molar-refractivity contribution in [3.8, 4) is 28.7 Å². The second kappa shape index (κ2) is 9.39. The maximum Gasteiger partial charge on any atom is 0.272 e. The van der Waals surface area contributed by atoms with E-state index in [-0.39, 0.29) is 11.3 Å². The average molecular weight is 482 g/mol. The normalized spacial score (nSPS) is 10.8. The topological polar surface area (TPSA) is 82.8 Å². The lowest BCUT2D eigenvalue weighted by atomic mass is 10.0. The summed E-state index contributed by atoms with van der Waals surface area (Å²) in [4.78, 5) is 15.1. The van der Waals surface area contributed by atoms with Crippen LogP contribution in [0.4, 0.5) is 14.5 Å². The molecule has 0 aliphatic carbocycles. The molecule has 3 aromatic carbocycles. The molecule has 178 valence electrons. The molecule has 5 rings (SSSR count). The van der Waals surface area contributed by atoms with Crippen LogP contribution in [-0.4, -0.2) is 9.55 Å². The predicted molar refractivity (Wildman–Crippen MR) is 134 cm³/mol. The van der Waals surface area contributed by atoms with Crippen LogP contribution in [0, 0.1) is 23.0 Å². The highest BCUT2D eigenvalue weighted by Crippen LogP contribution is 2.39. The Kier molecular flexibility index (Phi) is 5.97. The van der Waals surface area contributed by atoms with Crippen LogP contribution in [0.2, 0.25) is 0 Å². The summed E-state index contributed by atoms with van der Waals surface area (Å²) < 4.78 is 35.4. The van der Waals surface area contributed by atoms with E-state index in [4.69, 9.17) is 10.00 Å². The Labute approximate surface area is 205 Å². The Balaban J connectivity index is 1.58. The van der Waals surface area contributed by atoms with E-state index in [9.17, 15) is 13.6 Å². The first-order chi connectivity index (χ1) is 17.4. The molecule has 8 heteroatoms. The van der Waals surface area contributed by atoms with E-state index in [2.05, 4.69) is 16.4 Å². The number of anilines is 1. The van der Waals surface area contributed by atoms with E-state index in [0.717, 1.165) is 23.4 Å². The molecule has 36 heavy (non-hydrogen) atoms. The molecule has 0 bridgehead atoms. The van der Waals surface area contributed by atoms with Gasteiger partial charge in [0.05, 0.1) is 11.6 Å². The van der Waals surface area contributed by atoms with Crippen LogP contribution in [0.5, 0.6) is 11.5 Å². The number of hydrogen-bond acceptors (Lipinski definition) is 4. The SMILES string of the molecule is Cn1cc(-c2cc(NCc3cccc(C#N)c3)ccc2Oc2ccc(F)cc2F)c2cc[nH]c(=O)c21. The molecule has 0 amide bonds. The van der Waals surface area contributed by atoms with Gasteiger partial charge in [-0.1, -0.05) is 12.1 Å². The summed E-state index contributed by atoms with van der Waals surface area (Å²) in [5.74, 6) is -1.31. The molecule has 0 aliphatic heterocycles. The van der Waals surface area contributed by atoms with Crippen LogP contribution in [0.25, 0.3) is 22.0 Å². The van der Waals surface area contributed by atoms with Gasteiger partial charge in [-0.05, 0) is 54.1 Å². The van der Waals surface area contributed by atoms with Gasteiger partial charge in [-0.25, -0.2) is 8.78 Å². The molecule has 2 N–H and O–H groups in total. The fourth-order valence-corrected chi connectivity index (χ4v) is 4.15. The van der Waals surface area contributed by atoms with Crippen molar-refractivity contribution >= 4 is 16.6 Å². The quantitative estimate of drug-likeness (QED) is 0.307. The van der Waals surface area contributed by atoms with Crippen LogP contribution in [0.3, 0.4) is 0 Å². The summed E-state index contributed by atoms with van der Waals surface area (Å²) in [5.41, 5.74) is 3.83. The second-order valence-corrected chi connectivity index (χ2v) is 8.28. The van der Waals surface area contributed by atoms with Crippen molar-refractivity contribution < 1.29 is 13.5 Å². The highest BCUT2D eigenvalue weighted by Gasteiger charge is 2.17. The lowest BCUT2D eigenvalue weighted by molar-refractivity contribution is 0.439. The Morgan fingerprint density at radius 2 is 1.86 bits per heavy atom. The number of H-pyrrole nitrogens is 1. The first-order valence-corrected chi connectivity index (χ1v) is 11.1. The maximum absolute atomic E-state index is 14.4. The zero-order valence-electron chi connectivity index (χ0n) is 19.2. The first-order valence-electron chi connectivity index (χ1n) is 11.1. The van der Waals surface area contributed by atoms with E-state index >= 15 is 0 Å². The zero-order valence-corrected chi connectivity index (χ0v) is 19.2. The summed E-state index contributed by atoms with van der Waals surface area (Å²) >= 11 is 0. The molecule has 6 nitrogen and oxygen atoms in total. The van der Waals surface area contributed by atoms with Gasteiger partial charge in [-0.15, -0.1) is 0 Å². The number of nitriles is 1. The van der Waals surface area contributed by atoms with Gasteiger partial charge in [0.25, 0.3) is 5.56 Å². The van der Waals surface area contributed by atoms with Crippen molar-refractivity contribution in [1.82, 2.24) is 9.55 Å². The van der Waals surface area contributed by atoms with Crippen LogP contribution < -0.4 is 15.6 Å². The molecular weight excluding hydrogens is 462 g/mol. The largest absolute Gasteiger partial charge is 0.454 e. The van der Waals surface area contributed by atoms with Crippen molar-refractivity contribution in [1.29, 1.82) is 5.26 Å². The van der Waals surface area contributed by atoms with Gasteiger partial charge in [0.15, 0.2) is 11.6 Å². The number of aromatic nitrogens is 2. The smallest absolute Gasteiger partial charge is 0.272 e. The van der Waals surface area contributed by atoms with Gasteiger partial charge in [-0.3, -0.25) is 4.79 Å². The fraction of sp³-hybridized carbons (Fsp3) is 0.0714. The number of halogens is 2. The number of aromatic amines is 1. The van der Waals surface area contributed by atoms with Gasteiger partial charge < -0.3 is 19.6 Å². The maximum atomic E-state index is 14.4. The predicted octanol–water partition coefficient (Wildman–Crippen LogP) is 6.09. The van der Waals surface area contributed by atoms with Crippen molar-refractivity contribution in [3.63, 3.8) is 0 Å². The fourth-order valence-electron chi connectivity index (χ4n) is 4.15. The molecule has 0 spiro atoms. The highest BCUT2D eigenvalue weighted by molar-refractivity contribution is 5.97. The number of aryl methyl sites for hydroxylation is 1. The molecule has 0 fully saturated rings. The molecule has 2 aromatic heterocycles. The monoisotopic (exact) mass is 482 g/mol. The first kappa shape index (κ1) is 22.9. The minimum absolute atomic E-state index is 0.121. The van der Waals surface area contributed by atoms with E-state index in [1.54, 1.807) is 48.1 Å². The molecule has 2 heterocycles. The van der Waals surface area contributed by atoms with Gasteiger partial charge in [0, 0.05) is 54.3 Å². The minimum atomic E-state index is -0.824. The molecule has 0 atom stereocenters.